The Kier molecular flexibility index (Phi) is 3.18. The number of benzene rings is 1. The van der Waals surface area contributed by atoms with Crippen molar-refractivity contribution < 1.29 is 0 Å². The van der Waals surface area contributed by atoms with Crippen LogP contribution in [0.1, 0.15) is 18.0 Å². The zero-order chi connectivity index (χ0) is 11.5. The molecule has 0 aliphatic rings. The van der Waals surface area contributed by atoms with Crippen LogP contribution in [0, 0.1) is 11.3 Å². The molecule has 1 aromatic heterocycles. The van der Waals surface area contributed by atoms with Gasteiger partial charge in [-0.2, -0.15) is 5.26 Å². The molecule has 0 saturated heterocycles. The number of thiazole rings is 1. The molecule has 1 atom stereocenters. The third-order valence-electron chi connectivity index (χ3n) is 2.65. The summed E-state index contributed by atoms with van der Waals surface area (Å²) in [4.78, 5) is 6.58. The monoisotopic (exact) mass is 231 g/mol. The maximum absolute atomic E-state index is 8.66. The minimum atomic E-state index is 0.192. The first-order valence-electron chi connectivity index (χ1n) is 5.15. The molecule has 3 nitrogen and oxygen atoms in total. The summed E-state index contributed by atoms with van der Waals surface area (Å²) in [6.07, 6.45) is 0. The number of hydrogen-bond donors (Lipinski definition) is 0. The van der Waals surface area contributed by atoms with Crippen LogP contribution in [-0.2, 0) is 0 Å². The lowest BCUT2D eigenvalue weighted by Gasteiger charge is -2.19. The van der Waals surface area contributed by atoms with E-state index in [0.717, 1.165) is 10.5 Å². The summed E-state index contributed by atoms with van der Waals surface area (Å²) >= 11 is 1.70. The van der Waals surface area contributed by atoms with Gasteiger partial charge in [0, 0.05) is 0 Å². The fourth-order valence-corrected chi connectivity index (χ4v) is 2.59. The van der Waals surface area contributed by atoms with Gasteiger partial charge in [0.25, 0.3) is 0 Å². The normalized spacial score (nSPS) is 12.9. The number of rotatable bonds is 3. The smallest absolute Gasteiger partial charge is 0.111 e. The second kappa shape index (κ2) is 4.60. The van der Waals surface area contributed by atoms with Crippen molar-refractivity contribution in [2.24, 2.45) is 0 Å². The van der Waals surface area contributed by atoms with Gasteiger partial charge in [-0.25, -0.2) is 4.98 Å². The van der Waals surface area contributed by atoms with Gasteiger partial charge in [0.1, 0.15) is 5.01 Å². The molecule has 0 radical (unpaired) electrons. The first-order chi connectivity index (χ1) is 7.72. The van der Waals surface area contributed by atoms with E-state index in [9.17, 15) is 0 Å². The summed E-state index contributed by atoms with van der Waals surface area (Å²) in [5, 5.41) is 9.73. The van der Waals surface area contributed by atoms with Crippen LogP contribution in [0.3, 0.4) is 0 Å². The quantitative estimate of drug-likeness (QED) is 0.763. The molecule has 2 rings (SSSR count). The minimum Gasteiger partial charge on any atom is -0.284 e. The van der Waals surface area contributed by atoms with E-state index in [4.69, 9.17) is 5.26 Å². The van der Waals surface area contributed by atoms with Crippen molar-refractivity contribution in [1.29, 1.82) is 5.26 Å². The zero-order valence-electron chi connectivity index (χ0n) is 9.34. The van der Waals surface area contributed by atoms with Crippen molar-refractivity contribution in [2.75, 3.05) is 13.6 Å². The van der Waals surface area contributed by atoms with Crippen LogP contribution in [0.4, 0.5) is 0 Å². The summed E-state index contributed by atoms with van der Waals surface area (Å²) in [7, 11) is 1.94. The van der Waals surface area contributed by atoms with E-state index in [0.29, 0.717) is 6.54 Å². The van der Waals surface area contributed by atoms with E-state index >= 15 is 0 Å². The van der Waals surface area contributed by atoms with Crippen molar-refractivity contribution in [3.63, 3.8) is 0 Å². The number of para-hydroxylation sites is 1. The number of aromatic nitrogens is 1. The SMILES string of the molecule is C[C@H](c1nc2ccccc2s1)N(C)CC#N. The summed E-state index contributed by atoms with van der Waals surface area (Å²) in [6.45, 7) is 2.51. The lowest BCUT2D eigenvalue weighted by molar-refractivity contribution is 0.292. The Hall–Kier alpha value is -1.44. The average molecular weight is 231 g/mol. The van der Waals surface area contributed by atoms with E-state index in [1.165, 1.54) is 4.70 Å². The maximum atomic E-state index is 8.66. The van der Waals surface area contributed by atoms with Gasteiger partial charge in [0.2, 0.25) is 0 Å². The molecule has 0 aliphatic carbocycles. The van der Waals surface area contributed by atoms with E-state index in [1.54, 1.807) is 11.3 Å². The maximum Gasteiger partial charge on any atom is 0.111 e. The Morgan fingerprint density at radius 1 is 1.50 bits per heavy atom. The van der Waals surface area contributed by atoms with E-state index in [1.807, 2.05) is 30.1 Å². The molecule has 0 bridgehead atoms. The van der Waals surface area contributed by atoms with Crippen LogP contribution in [0.25, 0.3) is 10.2 Å². The second-order valence-corrected chi connectivity index (χ2v) is 4.83. The predicted octanol–water partition coefficient (Wildman–Crippen LogP) is 2.81. The lowest BCUT2D eigenvalue weighted by atomic mass is 10.3. The molecule has 4 heteroatoms. The van der Waals surface area contributed by atoms with Gasteiger partial charge in [-0.3, -0.25) is 4.90 Å². The Morgan fingerprint density at radius 3 is 2.94 bits per heavy atom. The Bertz CT molecular complexity index is 493. The Balaban J connectivity index is 2.30. The van der Waals surface area contributed by atoms with Gasteiger partial charge in [-0.05, 0) is 26.1 Å². The molecule has 82 valence electrons. The second-order valence-electron chi connectivity index (χ2n) is 3.77. The highest BCUT2D eigenvalue weighted by atomic mass is 32.1. The molecular formula is C12H13N3S. The Morgan fingerprint density at radius 2 is 2.25 bits per heavy atom. The van der Waals surface area contributed by atoms with Crippen LogP contribution < -0.4 is 0 Å². The van der Waals surface area contributed by atoms with Gasteiger partial charge < -0.3 is 0 Å². The van der Waals surface area contributed by atoms with Crippen LogP contribution >= 0.6 is 11.3 Å². The van der Waals surface area contributed by atoms with Crippen molar-refractivity contribution in [2.45, 2.75) is 13.0 Å². The van der Waals surface area contributed by atoms with E-state index < -0.39 is 0 Å². The third-order valence-corrected chi connectivity index (χ3v) is 3.86. The molecule has 0 amide bonds. The molecule has 0 unspecified atom stereocenters. The number of fused-ring (bicyclic) bond motifs is 1. The lowest BCUT2D eigenvalue weighted by Crippen LogP contribution is -2.22. The largest absolute Gasteiger partial charge is 0.284 e. The number of nitrogens with zero attached hydrogens (tertiary/aromatic N) is 3. The molecule has 0 saturated carbocycles. The standard InChI is InChI=1S/C12H13N3S/c1-9(15(2)8-7-13)12-14-10-5-3-4-6-11(10)16-12/h3-6,9H,8H2,1-2H3/t9-/m1/s1. The van der Waals surface area contributed by atoms with Gasteiger partial charge >= 0.3 is 0 Å². The van der Waals surface area contributed by atoms with Crippen LogP contribution in [0.15, 0.2) is 24.3 Å². The summed E-state index contributed by atoms with van der Waals surface area (Å²) in [6, 6.07) is 10.5. The summed E-state index contributed by atoms with van der Waals surface area (Å²) < 4.78 is 1.20. The van der Waals surface area contributed by atoms with Crippen molar-refractivity contribution in [3.8, 4) is 6.07 Å². The highest BCUT2D eigenvalue weighted by molar-refractivity contribution is 7.18. The highest BCUT2D eigenvalue weighted by Crippen LogP contribution is 2.28. The fourth-order valence-electron chi connectivity index (χ4n) is 1.51. The predicted molar refractivity (Wildman–Crippen MR) is 66.3 cm³/mol. The first-order valence-corrected chi connectivity index (χ1v) is 5.96. The van der Waals surface area contributed by atoms with Gasteiger partial charge in [-0.1, -0.05) is 12.1 Å². The van der Waals surface area contributed by atoms with Crippen LogP contribution in [-0.4, -0.2) is 23.5 Å². The summed E-state index contributed by atoms with van der Waals surface area (Å²) in [5.74, 6) is 0. The zero-order valence-corrected chi connectivity index (χ0v) is 10.2. The molecule has 1 heterocycles. The summed E-state index contributed by atoms with van der Waals surface area (Å²) in [5.41, 5.74) is 1.04. The molecule has 2 aromatic rings. The number of hydrogen-bond acceptors (Lipinski definition) is 4. The number of nitriles is 1. The minimum absolute atomic E-state index is 0.192. The van der Waals surface area contributed by atoms with Gasteiger partial charge in [0.05, 0.1) is 28.9 Å². The molecular weight excluding hydrogens is 218 g/mol. The highest BCUT2D eigenvalue weighted by Gasteiger charge is 2.15. The van der Waals surface area contributed by atoms with Crippen molar-refractivity contribution in [3.05, 3.63) is 29.3 Å². The topological polar surface area (TPSA) is 39.9 Å². The van der Waals surface area contributed by atoms with Gasteiger partial charge in [0.15, 0.2) is 0 Å². The Labute approximate surface area is 99.0 Å². The fraction of sp³-hybridized carbons (Fsp3) is 0.333. The average Bonchev–Trinajstić information content (AvgIpc) is 2.71. The molecule has 16 heavy (non-hydrogen) atoms. The molecule has 0 fully saturated rings. The van der Waals surface area contributed by atoms with Crippen molar-refractivity contribution >= 4 is 21.6 Å². The third kappa shape index (κ3) is 2.06. The molecule has 0 spiro atoms. The first kappa shape index (κ1) is 11.1. The molecule has 0 N–H and O–H groups in total. The van der Waals surface area contributed by atoms with E-state index in [2.05, 4.69) is 24.0 Å². The van der Waals surface area contributed by atoms with Crippen molar-refractivity contribution in [1.82, 2.24) is 9.88 Å². The van der Waals surface area contributed by atoms with Crippen LogP contribution in [0.5, 0.6) is 0 Å². The molecule has 1 aromatic carbocycles. The van der Waals surface area contributed by atoms with E-state index in [-0.39, 0.29) is 6.04 Å². The van der Waals surface area contributed by atoms with Crippen LogP contribution in [0.2, 0.25) is 0 Å². The van der Waals surface area contributed by atoms with Gasteiger partial charge in [-0.15, -0.1) is 11.3 Å². The molecule has 0 aliphatic heterocycles.